The van der Waals surface area contributed by atoms with Crippen molar-refractivity contribution in [2.45, 2.75) is 20.3 Å². The normalized spacial score (nSPS) is 10.4. The smallest absolute Gasteiger partial charge is 0.264 e. The van der Waals surface area contributed by atoms with Crippen LogP contribution < -0.4 is 0 Å². The molecule has 0 atom stereocenters. The number of hydrogen-bond acceptors (Lipinski definition) is 3. The highest BCUT2D eigenvalue weighted by atomic mass is 32.2. The Morgan fingerprint density at radius 3 is 2.31 bits per heavy atom. The van der Waals surface area contributed by atoms with E-state index in [-0.39, 0.29) is 5.75 Å². The van der Waals surface area contributed by atoms with Crippen molar-refractivity contribution < 1.29 is 13.0 Å². The van der Waals surface area contributed by atoms with Gasteiger partial charge < -0.3 is 4.98 Å². The molecule has 0 saturated heterocycles. The van der Waals surface area contributed by atoms with Crippen LogP contribution in [0.1, 0.15) is 19.2 Å². The van der Waals surface area contributed by atoms with Crippen molar-refractivity contribution in [2.75, 3.05) is 5.75 Å². The minimum Gasteiger partial charge on any atom is -0.349 e. The standard InChI is InChI=1S/C4H6N2.C3H8O3S/c1-4-5-2-3-6-4;1-2-3-7(4,5)6/h2-3H,1H3,(H,5,6);2-3H2,1H3,(H,4,5,6). The number of imidazole rings is 1. The van der Waals surface area contributed by atoms with Gasteiger partial charge in [-0.1, -0.05) is 6.92 Å². The topological polar surface area (TPSA) is 83.1 Å². The van der Waals surface area contributed by atoms with E-state index in [4.69, 9.17) is 4.55 Å². The fourth-order valence-electron chi connectivity index (χ4n) is 0.602. The third-order valence-corrected chi connectivity index (χ3v) is 2.02. The summed E-state index contributed by atoms with van der Waals surface area (Å²) in [6.45, 7) is 3.60. The predicted molar refractivity (Wildman–Crippen MR) is 50.0 cm³/mol. The van der Waals surface area contributed by atoms with Crippen LogP contribution in [0.2, 0.25) is 0 Å². The molecule has 1 heterocycles. The second-order valence-electron chi connectivity index (χ2n) is 2.46. The van der Waals surface area contributed by atoms with Crippen LogP contribution in [0.4, 0.5) is 0 Å². The van der Waals surface area contributed by atoms with Crippen molar-refractivity contribution in [2.24, 2.45) is 0 Å². The molecule has 0 saturated carbocycles. The first-order chi connectivity index (χ1) is 5.95. The fraction of sp³-hybridized carbons (Fsp3) is 0.571. The molecule has 0 aliphatic carbocycles. The van der Waals surface area contributed by atoms with E-state index in [1.54, 1.807) is 19.3 Å². The van der Waals surface area contributed by atoms with Crippen molar-refractivity contribution in [3.05, 3.63) is 18.2 Å². The van der Waals surface area contributed by atoms with Gasteiger partial charge in [-0.05, 0) is 13.3 Å². The molecule has 1 aromatic heterocycles. The lowest BCUT2D eigenvalue weighted by molar-refractivity contribution is 0.482. The van der Waals surface area contributed by atoms with Crippen LogP contribution in [0.3, 0.4) is 0 Å². The number of aryl methyl sites for hydroxylation is 1. The maximum absolute atomic E-state index is 9.79. The second-order valence-corrected chi connectivity index (χ2v) is 4.03. The Bertz CT molecular complexity index is 304. The molecule has 0 spiro atoms. The second kappa shape index (κ2) is 5.71. The Kier molecular flexibility index (Phi) is 5.33. The molecule has 76 valence electrons. The maximum atomic E-state index is 9.79. The number of aromatic nitrogens is 2. The van der Waals surface area contributed by atoms with Crippen LogP contribution in [0, 0.1) is 6.92 Å². The van der Waals surface area contributed by atoms with E-state index >= 15 is 0 Å². The van der Waals surface area contributed by atoms with Gasteiger partial charge >= 0.3 is 0 Å². The first-order valence-electron chi connectivity index (χ1n) is 3.87. The van der Waals surface area contributed by atoms with Gasteiger partial charge in [0.25, 0.3) is 10.1 Å². The molecule has 6 heteroatoms. The number of nitrogens with one attached hydrogen (secondary N) is 1. The zero-order chi connectivity index (χ0) is 10.3. The summed E-state index contributed by atoms with van der Waals surface area (Å²) in [5.41, 5.74) is 0. The van der Waals surface area contributed by atoms with Gasteiger partial charge in [-0.25, -0.2) is 4.98 Å². The third kappa shape index (κ3) is 9.03. The molecular weight excluding hydrogens is 192 g/mol. The Labute approximate surface area is 78.0 Å². The Hall–Kier alpha value is -0.880. The summed E-state index contributed by atoms with van der Waals surface area (Å²) in [5, 5.41) is 0. The maximum Gasteiger partial charge on any atom is 0.264 e. The van der Waals surface area contributed by atoms with E-state index in [1.807, 2.05) is 6.92 Å². The highest BCUT2D eigenvalue weighted by Crippen LogP contribution is 1.83. The first-order valence-corrected chi connectivity index (χ1v) is 5.47. The van der Waals surface area contributed by atoms with Crippen LogP contribution in [0.25, 0.3) is 0 Å². The van der Waals surface area contributed by atoms with Crippen molar-refractivity contribution in [3.63, 3.8) is 0 Å². The number of hydrogen-bond donors (Lipinski definition) is 2. The molecule has 0 aromatic carbocycles. The quantitative estimate of drug-likeness (QED) is 0.707. The van der Waals surface area contributed by atoms with Gasteiger partial charge in [-0.15, -0.1) is 0 Å². The lowest BCUT2D eigenvalue weighted by Crippen LogP contribution is -2.01. The highest BCUT2D eigenvalue weighted by molar-refractivity contribution is 7.85. The van der Waals surface area contributed by atoms with E-state index in [1.165, 1.54) is 0 Å². The summed E-state index contributed by atoms with van der Waals surface area (Å²) in [6, 6.07) is 0. The Morgan fingerprint density at radius 2 is 2.23 bits per heavy atom. The van der Waals surface area contributed by atoms with Crippen molar-refractivity contribution >= 4 is 10.1 Å². The molecule has 0 aliphatic rings. The van der Waals surface area contributed by atoms with E-state index < -0.39 is 10.1 Å². The molecule has 1 aromatic rings. The molecule has 0 unspecified atom stereocenters. The van der Waals surface area contributed by atoms with Crippen molar-refractivity contribution in [3.8, 4) is 0 Å². The van der Waals surface area contributed by atoms with Gasteiger partial charge in [-0.3, -0.25) is 4.55 Å². The average molecular weight is 206 g/mol. The minimum absolute atomic E-state index is 0.132. The van der Waals surface area contributed by atoms with E-state index in [0.717, 1.165) is 5.82 Å². The Balaban J connectivity index is 0.000000223. The molecule has 0 fully saturated rings. The van der Waals surface area contributed by atoms with Crippen LogP contribution in [-0.2, 0) is 10.1 Å². The van der Waals surface area contributed by atoms with Gasteiger partial charge in [0.05, 0.1) is 5.75 Å². The summed E-state index contributed by atoms with van der Waals surface area (Å²) in [5.74, 6) is 0.836. The van der Waals surface area contributed by atoms with Gasteiger partial charge in [0.15, 0.2) is 0 Å². The number of H-pyrrole nitrogens is 1. The SMILES string of the molecule is CCCS(=O)(=O)O.Cc1ncc[nH]1. The molecule has 1 rings (SSSR count). The van der Waals surface area contributed by atoms with Gasteiger partial charge in [0.2, 0.25) is 0 Å². The summed E-state index contributed by atoms with van der Waals surface area (Å²) in [6.07, 6.45) is 4.00. The van der Waals surface area contributed by atoms with Crippen LogP contribution >= 0.6 is 0 Å². The van der Waals surface area contributed by atoms with Gasteiger partial charge in [-0.2, -0.15) is 8.42 Å². The summed E-state index contributed by atoms with van der Waals surface area (Å²) in [4.78, 5) is 6.75. The highest BCUT2D eigenvalue weighted by Gasteiger charge is 1.98. The van der Waals surface area contributed by atoms with E-state index in [2.05, 4.69) is 9.97 Å². The minimum atomic E-state index is -3.67. The average Bonchev–Trinajstić information content (AvgIpc) is 2.38. The van der Waals surface area contributed by atoms with Crippen LogP contribution in [0.15, 0.2) is 12.4 Å². The summed E-state index contributed by atoms with van der Waals surface area (Å²) in [7, 11) is -3.67. The number of nitrogens with zero attached hydrogens (tertiary/aromatic N) is 1. The van der Waals surface area contributed by atoms with E-state index in [9.17, 15) is 8.42 Å². The largest absolute Gasteiger partial charge is 0.349 e. The molecule has 13 heavy (non-hydrogen) atoms. The predicted octanol–water partition coefficient (Wildman–Crippen LogP) is 1.00. The van der Waals surface area contributed by atoms with Crippen LogP contribution in [-0.4, -0.2) is 28.7 Å². The molecule has 0 aliphatic heterocycles. The fourth-order valence-corrected chi connectivity index (χ4v) is 1.12. The lowest BCUT2D eigenvalue weighted by atomic mass is 10.6. The molecule has 0 bridgehead atoms. The Morgan fingerprint density at radius 1 is 1.62 bits per heavy atom. The summed E-state index contributed by atoms with van der Waals surface area (Å²) >= 11 is 0. The summed E-state index contributed by atoms with van der Waals surface area (Å²) < 4.78 is 27.6. The zero-order valence-corrected chi connectivity index (χ0v) is 8.50. The van der Waals surface area contributed by atoms with Crippen molar-refractivity contribution in [1.82, 2.24) is 9.97 Å². The first kappa shape index (κ1) is 12.1. The lowest BCUT2D eigenvalue weighted by Gasteiger charge is -1.85. The number of aromatic amines is 1. The van der Waals surface area contributed by atoms with E-state index in [0.29, 0.717) is 6.42 Å². The zero-order valence-electron chi connectivity index (χ0n) is 7.69. The monoisotopic (exact) mass is 206 g/mol. The molecule has 2 N–H and O–H groups in total. The molecule has 0 radical (unpaired) electrons. The number of rotatable bonds is 2. The van der Waals surface area contributed by atoms with Crippen molar-refractivity contribution in [1.29, 1.82) is 0 Å². The van der Waals surface area contributed by atoms with Crippen LogP contribution in [0.5, 0.6) is 0 Å². The molecular formula is C7H14N2O3S. The molecule has 5 nitrogen and oxygen atoms in total. The van der Waals surface area contributed by atoms with Gasteiger partial charge in [0.1, 0.15) is 5.82 Å². The van der Waals surface area contributed by atoms with Gasteiger partial charge in [0, 0.05) is 12.4 Å². The molecule has 0 amide bonds. The third-order valence-electron chi connectivity index (χ3n) is 1.10.